The van der Waals surface area contributed by atoms with Crippen LogP contribution in [0.3, 0.4) is 0 Å². The standard InChI is InChI=1S/C24H26O9/c25-21(19-7-3-1-4-8-19)23(27)32-17-15-30-13-11-29-12-14-31-16-18-33-24(28)22(26)20-9-5-2-6-10-20/h1-10H,11-18H2. The quantitative estimate of drug-likeness (QED) is 0.161. The topological polar surface area (TPSA) is 114 Å². The van der Waals surface area contributed by atoms with Crippen molar-refractivity contribution in [2.75, 3.05) is 52.9 Å². The van der Waals surface area contributed by atoms with Crippen molar-refractivity contribution in [3.63, 3.8) is 0 Å². The van der Waals surface area contributed by atoms with Gasteiger partial charge in [0.1, 0.15) is 13.2 Å². The number of esters is 2. The zero-order chi connectivity index (χ0) is 23.7. The van der Waals surface area contributed by atoms with Crippen molar-refractivity contribution in [1.29, 1.82) is 0 Å². The van der Waals surface area contributed by atoms with Crippen LogP contribution in [-0.2, 0) is 33.3 Å². The molecule has 0 fully saturated rings. The van der Waals surface area contributed by atoms with Gasteiger partial charge in [0.2, 0.25) is 0 Å². The summed E-state index contributed by atoms with van der Waals surface area (Å²) in [7, 11) is 0. The van der Waals surface area contributed by atoms with Gasteiger partial charge in [-0.15, -0.1) is 0 Å². The minimum Gasteiger partial charge on any atom is -0.457 e. The number of ketones is 2. The molecule has 0 bridgehead atoms. The molecule has 176 valence electrons. The van der Waals surface area contributed by atoms with Gasteiger partial charge in [0.25, 0.3) is 11.6 Å². The summed E-state index contributed by atoms with van der Waals surface area (Å²) < 4.78 is 25.6. The summed E-state index contributed by atoms with van der Waals surface area (Å²) in [6.07, 6.45) is 0. The van der Waals surface area contributed by atoms with E-state index in [4.69, 9.17) is 23.7 Å². The first kappa shape index (κ1) is 25.9. The number of hydrogen-bond acceptors (Lipinski definition) is 9. The van der Waals surface area contributed by atoms with Crippen molar-refractivity contribution in [2.45, 2.75) is 0 Å². The highest BCUT2D eigenvalue weighted by molar-refractivity contribution is 6.41. The zero-order valence-electron chi connectivity index (χ0n) is 18.1. The number of benzene rings is 2. The molecule has 2 aromatic carbocycles. The number of Topliss-reactive ketones (excluding diaryl/α,β-unsaturated/α-hetero) is 2. The molecule has 0 N–H and O–H groups in total. The largest absolute Gasteiger partial charge is 0.457 e. The maximum atomic E-state index is 11.8. The van der Waals surface area contributed by atoms with Crippen molar-refractivity contribution in [1.82, 2.24) is 0 Å². The molecule has 0 heterocycles. The molecule has 0 aliphatic heterocycles. The van der Waals surface area contributed by atoms with Crippen LogP contribution in [0.4, 0.5) is 0 Å². The van der Waals surface area contributed by atoms with Crippen LogP contribution < -0.4 is 0 Å². The molecule has 9 heteroatoms. The first-order chi connectivity index (χ1) is 16.1. The molecule has 33 heavy (non-hydrogen) atoms. The van der Waals surface area contributed by atoms with Gasteiger partial charge in [-0.1, -0.05) is 60.7 Å². The molecular formula is C24H26O9. The Labute approximate surface area is 191 Å². The van der Waals surface area contributed by atoms with Crippen molar-refractivity contribution in [3.8, 4) is 0 Å². The number of carbonyl (C=O) groups is 4. The predicted molar refractivity (Wildman–Crippen MR) is 116 cm³/mol. The van der Waals surface area contributed by atoms with Crippen LogP contribution in [0.15, 0.2) is 60.7 Å². The summed E-state index contributed by atoms with van der Waals surface area (Å²) in [6, 6.07) is 16.3. The minimum absolute atomic E-state index is 0.0357. The molecule has 0 amide bonds. The number of ether oxygens (including phenoxy) is 5. The Bertz CT molecular complexity index is 808. The fourth-order valence-corrected chi connectivity index (χ4v) is 2.47. The van der Waals surface area contributed by atoms with Crippen LogP contribution in [0.1, 0.15) is 20.7 Å². The van der Waals surface area contributed by atoms with Gasteiger partial charge < -0.3 is 23.7 Å². The van der Waals surface area contributed by atoms with Crippen LogP contribution in [0.5, 0.6) is 0 Å². The molecule has 0 aromatic heterocycles. The number of carbonyl (C=O) groups excluding carboxylic acids is 4. The first-order valence-corrected chi connectivity index (χ1v) is 10.4. The van der Waals surface area contributed by atoms with Gasteiger partial charge in [0, 0.05) is 11.1 Å². The zero-order valence-corrected chi connectivity index (χ0v) is 18.1. The monoisotopic (exact) mass is 458 g/mol. The third-order valence-corrected chi connectivity index (χ3v) is 4.11. The van der Waals surface area contributed by atoms with Gasteiger partial charge in [-0.05, 0) is 0 Å². The average molecular weight is 458 g/mol. The van der Waals surface area contributed by atoms with E-state index in [0.29, 0.717) is 13.2 Å². The Balaban J connectivity index is 1.38. The van der Waals surface area contributed by atoms with Crippen molar-refractivity contribution in [2.24, 2.45) is 0 Å². The third kappa shape index (κ3) is 10.2. The molecule has 0 spiro atoms. The molecular weight excluding hydrogens is 432 g/mol. The van der Waals surface area contributed by atoms with E-state index in [1.807, 2.05) is 0 Å². The van der Waals surface area contributed by atoms with Crippen molar-refractivity contribution in [3.05, 3.63) is 71.8 Å². The minimum atomic E-state index is -0.923. The summed E-state index contributed by atoms with van der Waals surface area (Å²) in [6.45, 7) is 1.38. The normalized spacial score (nSPS) is 10.4. The highest BCUT2D eigenvalue weighted by atomic mass is 16.6. The van der Waals surface area contributed by atoms with Crippen LogP contribution in [0.2, 0.25) is 0 Å². The second-order valence-electron chi connectivity index (χ2n) is 6.50. The smallest absolute Gasteiger partial charge is 0.379 e. The van der Waals surface area contributed by atoms with Crippen LogP contribution in [0.25, 0.3) is 0 Å². The van der Waals surface area contributed by atoms with Gasteiger partial charge >= 0.3 is 11.9 Å². The second kappa shape index (κ2) is 15.4. The van der Waals surface area contributed by atoms with Crippen LogP contribution >= 0.6 is 0 Å². The summed E-state index contributed by atoms with van der Waals surface area (Å²) >= 11 is 0. The lowest BCUT2D eigenvalue weighted by Gasteiger charge is -2.08. The lowest BCUT2D eigenvalue weighted by molar-refractivity contribution is -0.140. The average Bonchev–Trinajstić information content (AvgIpc) is 2.86. The van der Waals surface area contributed by atoms with Crippen LogP contribution in [-0.4, -0.2) is 76.4 Å². The highest BCUT2D eigenvalue weighted by Crippen LogP contribution is 2.02. The molecule has 9 nitrogen and oxygen atoms in total. The molecule has 0 saturated heterocycles. The summed E-state index contributed by atoms with van der Waals surface area (Å²) in [5.41, 5.74) is 0.552. The van der Waals surface area contributed by atoms with Crippen molar-refractivity contribution < 1.29 is 42.9 Å². The Morgan fingerprint density at radius 1 is 0.455 bits per heavy atom. The summed E-state index contributed by atoms with van der Waals surface area (Å²) in [5, 5.41) is 0. The Morgan fingerprint density at radius 3 is 1.09 bits per heavy atom. The van der Waals surface area contributed by atoms with E-state index in [1.165, 1.54) is 0 Å². The van der Waals surface area contributed by atoms with Gasteiger partial charge in [-0.25, -0.2) is 9.59 Å². The molecule has 0 aliphatic rings. The van der Waals surface area contributed by atoms with E-state index in [1.54, 1.807) is 60.7 Å². The first-order valence-electron chi connectivity index (χ1n) is 10.4. The van der Waals surface area contributed by atoms with Crippen LogP contribution in [0, 0.1) is 0 Å². The Kier molecular flexibility index (Phi) is 12.1. The second-order valence-corrected chi connectivity index (χ2v) is 6.50. The molecule has 0 unspecified atom stereocenters. The molecule has 2 aromatic rings. The van der Waals surface area contributed by atoms with E-state index in [0.717, 1.165) is 0 Å². The van der Waals surface area contributed by atoms with E-state index in [2.05, 4.69) is 0 Å². The Hall–Kier alpha value is -3.40. The lowest BCUT2D eigenvalue weighted by atomic mass is 10.1. The van der Waals surface area contributed by atoms with Gasteiger partial charge in [-0.3, -0.25) is 9.59 Å². The van der Waals surface area contributed by atoms with E-state index in [-0.39, 0.29) is 50.8 Å². The van der Waals surface area contributed by atoms with Gasteiger partial charge in [-0.2, -0.15) is 0 Å². The van der Waals surface area contributed by atoms with E-state index >= 15 is 0 Å². The molecule has 2 rings (SSSR count). The van der Waals surface area contributed by atoms with E-state index in [9.17, 15) is 19.2 Å². The fraction of sp³-hybridized carbons (Fsp3) is 0.333. The molecule has 0 saturated carbocycles. The SMILES string of the molecule is O=C(OCCOCCOCCOCCOC(=O)C(=O)c1ccccc1)C(=O)c1ccccc1. The Morgan fingerprint density at radius 2 is 0.758 bits per heavy atom. The summed E-state index contributed by atoms with van der Waals surface area (Å²) in [5.74, 6) is -3.24. The number of hydrogen-bond donors (Lipinski definition) is 0. The van der Waals surface area contributed by atoms with Gasteiger partial charge in [0.05, 0.1) is 39.6 Å². The maximum absolute atomic E-state index is 11.8. The molecule has 0 atom stereocenters. The number of rotatable bonds is 16. The predicted octanol–water partition coefficient (Wildman–Crippen LogP) is 1.89. The summed E-state index contributed by atoms with van der Waals surface area (Å²) in [4.78, 5) is 46.9. The van der Waals surface area contributed by atoms with Crippen molar-refractivity contribution >= 4 is 23.5 Å². The fourth-order valence-electron chi connectivity index (χ4n) is 2.47. The third-order valence-electron chi connectivity index (χ3n) is 4.11. The molecule has 0 radical (unpaired) electrons. The lowest BCUT2D eigenvalue weighted by Crippen LogP contribution is -2.21. The highest BCUT2D eigenvalue weighted by Gasteiger charge is 2.17. The van der Waals surface area contributed by atoms with E-state index < -0.39 is 23.5 Å². The molecule has 0 aliphatic carbocycles. The maximum Gasteiger partial charge on any atom is 0.379 e. The van der Waals surface area contributed by atoms with Gasteiger partial charge in [0.15, 0.2) is 0 Å².